The topological polar surface area (TPSA) is 129 Å². The van der Waals surface area contributed by atoms with Gasteiger partial charge in [0.1, 0.15) is 0 Å². The van der Waals surface area contributed by atoms with Crippen molar-refractivity contribution >= 4 is 0 Å². The van der Waals surface area contributed by atoms with Crippen LogP contribution in [-0.2, 0) is 12.8 Å². The van der Waals surface area contributed by atoms with E-state index in [4.69, 9.17) is 0 Å². The Balaban J connectivity index is 0.000000513. The molecular formula is C75H100N10. The van der Waals surface area contributed by atoms with Crippen molar-refractivity contribution in [1.82, 2.24) is 49.8 Å². The van der Waals surface area contributed by atoms with Gasteiger partial charge in [0, 0.05) is 132 Å². The number of rotatable bonds is 12. The van der Waals surface area contributed by atoms with Crippen LogP contribution in [0.15, 0.2) is 196 Å². The third kappa shape index (κ3) is 28.6. The van der Waals surface area contributed by atoms with Crippen LogP contribution in [0.5, 0.6) is 0 Å². The second-order valence-corrected chi connectivity index (χ2v) is 18.3. The molecule has 10 heteroatoms. The molecule has 10 aromatic heterocycles. The van der Waals surface area contributed by atoms with Gasteiger partial charge < -0.3 is 0 Å². The first-order valence-corrected chi connectivity index (χ1v) is 30.8. The minimum Gasteiger partial charge on any atom is -0.264 e. The van der Waals surface area contributed by atoms with Crippen molar-refractivity contribution in [3.05, 3.63) is 241 Å². The van der Waals surface area contributed by atoms with Crippen molar-refractivity contribution in [1.29, 1.82) is 0 Å². The Morgan fingerprint density at radius 1 is 0.318 bits per heavy atom. The van der Waals surface area contributed by atoms with Crippen molar-refractivity contribution in [2.45, 2.75) is 170 Å². The molecule has 0 atom stereocenters. The number of nitrogens with zero attached hydrogens (tertiary/aromatic N) is 10. The molecule has 0 spiro atoms. The largest absolute Gasteiger partial charge is 0.264 e. The first-order chi connectivity index (χ1) is 41.6. The summed E-state index contributed by atoms with van der Waals surface area (Å²) in [5.41, 5.74) is 20.3. The summed E-state index contributed by atoms with van der Waals surface area (Å²) in [4.78, 5) is 42.6. The number of aryl methyl sites for hydroxylation is 7. The second kappa shape index (κ2) is 46.9. The quantitative estimate of drug-likeness (QED) is 0.109. The molecule has 85 heavy (non-hydrogen) atoms. The molecule has 0 unspecified atom stereocenters. The van der Waals surface area contributed by atoms with Crippen LogP contribution >= 0.6 is 0 Å². The van der Waals surface area contributed by atoms with Gasteiger partial charge in [-0.15, -0.1) is 0 Å². The first-order valence-electron chi connectivity index (χ1n) is 30.8. The second-order valence-electron chi connectivity index (χ2n) is 18.3. The van der Waals surface area contributed by atoms with Crippen LogP contribution in [0.2, 0.25) is 0 Å². The van der Waals surface area contributed by atoms with Crippen LogP contribution in [0.3, 0.4) is 0 Å². The lowest BCUT2D eigenvalue weighted by Crippen LogP contribution is -1.94. The van der Waals surface area contributed by atoms with Crippen molar-refractivity contribution < 1.29 is 0 Å². The highest BCUT2D eigenvalue weighted by Crippen LogP contribution is 2.22. The van der Waals surface area contributed by atoms with Crippen LogP contribution in [-0.4, -0.2) is 49.8 Å². The number of unbranched alkanes of at least 4 members (excludes halogenated alkanes) is 3. The van der Waals surface area contributed by atoms with E-state index in [-0.39, 0.29) is 0 Å². The SMILES string of the molecule is CC.CC.CC.CC.CC.CCCCCCc1ccc(-c2cccnc2)nc1.CCCc1ccc(-c2cccnc2)cn1.Cc1cc(-c2cccnc2)nc(C)c1C.Cc1ccc(-c2cccnc2)nc1.Cc1cnc(-c2cccnc2)cc1C. The molecule has 0 bridgehead atoms. The van der Waals surface area contributed by atoms with Gasteiger partial charge in [-0.2, -0.15) is 0 Å². The summed E-state index contributed by atoms with van der Waals surface area (Å²) in [7, 11) is 0. The molecule has 0 saturated heterocycles. The summed E-state index contributed by atoms with van der Waals surface area (Å²) in [5.74, 6) is 0. The predicted octanol–water partition coefficient (Wildman–Crippen LogP) is 20.8. The van der Waals surface area contributed by atoms with Crippen LogP contribution < -0.4 is 0 Å². The summed E-state index contributed by atoms with van der Waals surface area (Å²) >= 11 is 0. The molecule has 0 radical (unpaired) electrons. The number of pyridine rings is 10. The normalized spacial score (nSPS) is 9.39. The van der Waals surface area contributed by atoms with Crippen LogP contribution in [0.1, 0.15) is 160 Å². The first kappa shape index (κ1) is 74.5. The van der Waals surface area contributed by atoms with E-state index >= 15 is 0 Å². The molecule has 10 rings (SSSR count). The minimum atomic E-state index is 0.971. The van der Waals surface area contributed by atoms with Gasteiger partial charge in [-0.05, 0) is 179 Å². The molecule has 0 aliphatic rings. The van der Waals surface area contributed by atoms with Crippen LogP contribution in [0.25, 0.3) is 56.2 Å². The number of hydrogen-bond acceptors (Lipinski definition) is 10. The van der Waals surface area contributed by atoms with E-state index in [1.807, 2.05) is 206 Å². The van der Waals surface area contributed by atoms with E-state index in [1.54, 1.807) is 31.0 Å². The maximum atomic E-state index is 4.56. The van der Waals surface area contributed by atoms with Gasteiger partial charge in [0.05, 0.1) is 22.8 Å². The molecule has 0 N–H and O–H groups in total. The molecule has 0 amide bonds. The third-order valence-corrected chi connectivity index (χ3v) is 12.4. The summed E-state index contributed by atoms with van der Waals surface area (Å²) in [6, 6.07) is 36.5. The fourth-order valence-corrected chi connectivity index (χ4v) is 7.55. The van der Waals surface area contributed by atoms with Crippen LogP contribution in [0, 0.1) is 41.5 Å². The molecule has 10 nitrogen and oxygen atoms in total. The lowest BCUT2D eigenvalue weighted by atomic mass is 10.1. The molecule has 10 aromatic rings. The molecule has 450 valence electrons. The number of aromatic nitrogens is 10. The molecular weight excluding hydrogens is 1040 g/mol. The molecule has 0 fully saturated rings. The standard InChI is InChI=1S/C16H20N2.2C13H14N2.C12H12N2.C11H10N2.5C2H6/c1-2-3-4-5-7-14-9-10-16(18-12-14)15-8-6-11-17-13-15;1-9-7-13(15-11(3)10(9)2)12-5-4-6-14-8-12;1-2-4-13-7-6-12(10-15-13)11-5-3-8-14-9-11;1-9-6-12(14-7-10(9)2)11-4-3-5-13-8-11;1-9-4-5-11(13-7-9)10-3-2-6-12-8-10;5*1-2/h6,8-13H,2-5,7H2,1H3;4-8H,1-3H3;3,5-10H,2,4H2,1H3;3-8H,1-2H3;2-8H,1H3;5*1-2H3. The minimum absolute atomic E-state index is 0.971. The zero-order chi connectivity index (χ0) is 63.0. The van der Waals surface area contributed by atoms with Gasteiger partial charge in [-0.1, -0.05) is 133 Å². The van der Waals surface area contributed by atoms with Crippen molar-refractivity contribution in [2.24, 2.45) is 0 Å². The Hall–Kier alpha value is -8.50. The van der Waals surface area contributed by atoms with E-state index in [0.717, 1.165) is 86.8 Å². The Bertz CT molecular complexity index is 3140. The van der Waals surface area contributed by atoms with Gasteiger partial charge in [-0.25, -0.2) is 0 Å². The molecule has 10 heterocycles. The van der Waals surface area contributed by atoms with Crippen molar-refractivity contribution in [3.63, 3.8) is 0 Å². The van der Waals surface area contributed by atoms with Gasteiger partial charge in [0.25, 0.3) is 0 Å². The number of hydrogen-bond donors (Lipinski definition) is 0. The summed E-state index contributed by atoms with van der Waals surface area (Å²) < 4.78 is 0. The van der Waals surface area contributed by atoms with Gasteiger partial charge in [-0.3, -0.25) is 49.8 Å². The van der Waals surface area contributed by atoms with Crippen molar-refractivity contribution in [2.75, 3.05) is 0 Å². The van der Waals surface area contributed by atoms with Gasteiger partial charge in [0.2, 0.25) is 0 Å². The average Bonchev–Trinajstić information content (AvgIpc) is 3.72. The summed E-state index contributed by atoms with van der Waals surface area (Å²) in [5, 5.41) is 0. The maximum Gasteiger partial charge on any atom is 0.0723 e. The highest BCUT2D eigenvalue weighted by molar-refractivity contribution is 5.62. The fraction of sp³-hybridized carbons (Fsp3) is 0.333. The Morgan fingerprint density at radius 3 is 1.16 bits per heavy atom. The smallest absolute Gasteiger partial charge is 0.0723 e. The lowest BCUT2D eigenvalue weighted by Gasteiger charge is -2.07. The monoisotopic (exact) mass is 1140 g/mol. The fourth-order valence-electron chi connectivity index (χ4n) is 7.55. The third-order valence-electron chi connectivity index (χ3n) is 12.4. The Kier molecular flexibility index (Phi) is 41.1. The Labute approximate surface area is 513 Å². The summed E-state index contributed by atoms with van der Waals surface area (Å²) in [6.45, 7) is 36.9. The van der Waals surface area contributed by atoms with Gasteiger partial charge in [0.15, 0.2) is 0 Å². The zero-order valence-electron chi connectivity index (χ0n) is 54.9. The van der Waals surface area contributed by atoms with E-state index in [0.29, 0.717) is 0 Å². The van der Waals surface area contributed by atoms with E-state index in [9.17, 15) is 0 Å². The van der Waals surface area contributed by atoms with E-state index < -0.39 is 0 Å². The highest BCUT2D eigenvalue weighted by Gasteiger charge is 2.06. The zero-order valence-corrected chi connectivity index (χ0v) is 54.9. The lowest BCUT2D eigenvalue weighted by molar-refractivity contribution is 0.666. The molecule has 0 aliphatic heterocycles. The highest BCUT2D eigenvalue weighted by atomic mass is 14.7. The maximum absolute atomic E-state index is 4.56. The average molecular weight is 1140 g/mol. The Morgan fingerprint density at radius 2 is 0.765 bits per heavy atom. The predicted molar refractivity (Wildman–Crippen MR) is 364 cm³/mol. The molecule has 0 aromatic carbocycles. The summed E-state index contributed by atoms with van der Waals surface area (Å²) in [6.07, 6.45) is 34.3. The van der Waals surface area contributed by atoms with Crippen LogP contribution in [0.4, 0.5) is 0 Å². The van der Waals surface area contributed by atoms with E-state index in [1.165, 1.54) is 59.1 Å². The van der Waals surface area contributed by atoms with E-state index in [2.05, 4.69) is 134 Å². The van der Waals surface area contributed by atoms with Gasteiger partial charge >= 0.3 is 0 Å². The molecule has 0 saturated carbocycles. The van der Waals surface area contributed by atoms with Crippen molar-refractivity contribution in [3.8, 4) is 56.2 Å². The molecule has 0 aliphatic carbocycles.